The van der Waals surface area contributed by atoms with Gasteiger partial charge in [-0.15, -0.1) is 0 Å². The lowest BCUT2D eigenvalue weighted by Crippen LogP contribution is -1.97. The second kappa shape index (κ2) is 5.40. The van der Waals surface area contributed by atoms with Crippen LogP contribution >= 0.6 is 0 Å². The van der Waals surface area contributed by atoms with E-state index in [4.69, 9.17) is 0 Å². The lowest BCUT2D eigenvalue weighted by Gasteiger charge is -2.08. The zero-order valence-electron chi connectivity index (χ0n) is 9.99. The van der Waals surface area contributed by atoms with Crippen molar-refractivity contribution in [3.8, 4) is 5.69 Å². The van der Waals surface area contributed by atoms with Gasteiger partial charge < -0.3 is 4.57 Å². The number of benzene rings is 1. The van der Waals surface area contributed by atoms with Crippen LogP contribution in [0.2, 0.25) is 0 Å². The van der Waals surface area contributed by atoms with Crippen molar-refractivity contribution >= 4 is 0 Å². The Morgan fingerprint density at radius 1 is 0.733 bits per heavy atom. The standard InChI is InChI=1S/C12H13N.C2H6/c1-10-8-9-11(2)13(10)12-6-4-3-5-7-12;1-2/h3-9H,1-2H3;1-2H3. The van der Waals surface area contributed by atoms with Gasteiger partial charge in [-0.3, -0.25) is 0 Å². The Labute approximate surface area is 92.4 Å². The van der Waals surface area contributed by atoms with E-state index in [9.17, 15) is 0 Å². The van der Waals surface area contributed by atoms with E-state index < -0.39 is 0 Å². The van der Waals surface area contributed by atoms with Crippen LogP contribution in [-0.2, 0) is 0 Å². The number of aryl methyl sites for hydroxylation is 2. The predicted molar refractivity (Wildman–Crippen MR) is 66.6 cm³/mol. The summed E-state index contributed by atoms with van der Waals surface area (Å²) in [5, 5.41) is 0. The van der Waals surface area contributed by atoms with Gasteiger partial charge in [-0.05, 0) is 38.1 Å². The van der Waals surface area contributed by atoms with Crippen molar-refractivity contribution in [3.05, 3.63) is 53.9 Å². The van der Waals surface area contributed by atoms with Gasteiger partial charge in [0.05, 0.1) is 0 Å². The Kier molecular flexibility index (Phi) is 4.17. The summed E-state index contributed by atoms with van der Waals surface area (Å²) >= 11 is 0. The van der Waals surface area contributed by atoms with Gasteiger partial charge in [0.2, 0.25) is 0 Å². The van der Waals surface area contributed by atoms with Crippen LogP contribution in [0.4, 0.5) is 0 Å². The fraction of sp³-hybridized carbons (Fsp3) is 0.286. The summed E-state index contributed by atoms with van der Waals surface area (Å²) in [6.45, 7) is 8.25. The number of hydrogen-bond acceptors (Lipinski definition) is 0. The molecule has 0 bridgehead atoms. The van der Waals surface area contributed by atoms with Gasteiger partial charge in [-0.25, -0.2) is 0 Å². The molecule has 1 aromatic carbocycles. The molecule has 2 rings (SSSR count). The summed E-state index contributed by atoms with van der Waals surface area (Å²) in [6.07, 6.45) is 0. The average molecular weight is 201 g/mol. The van der Waals surface area contributed by atoms with E-state index in [2.05, 4.69) is 54.8 Å². The van der Waals surface area contributed by atoms with Crippen LogP contribution < -0.4 is 0 Å². The van der Waals surface area contributed by atoms with Crippen molar-refractivity contribution < 1.29 is 0 Å². The third-order valence-electron chi connectivity index (χ3n) is 2.29. The van der Waals surface area contributed by atoms with Crippen LogP contribution in [0.3, 0.4) is 0 Å². The van der Waals surface area contributed by atoms with Crippen molar-refractivity contribution in [1.82, 2.24) is 4.57 Å². The predicted octanol–water partition coefficient (Wildman–Crippen LogP) is 4.12. The topological polar surface area (TPSA) is 4.93 Å². The summed E-state index contributed by atoms with van der Waals surface area (Å²) < 4.78 is 2.25. The lowest BCUT2D eigenvalue weighted by molar-refractivity contribution is 0.966. The second-order valence-corrected chi connectivity index (χ2v) is 3.29. The molecule has 0 unspecified atom stereocenters. The van der Waals surface area contributed by atoms with Crippen LogP contribution in [0.15, 0.2) is 42.5 Å². The Bertz CT molecular complexity index is 379. The molecule has 80 valence electrons. The van der Waals surface area contributed by atoms with E-state index in [1.165, 1.54) is 17.1 Å². The fourth-order valence-electron chi connectivity index (χ4n) is 1.65. The minimum atomic E-state index is 1.24. The molecule has 0 N–H and O–H groups in total. The highest BCUT2D eigenvalue weighted by molar-refractivity contribution is 5.37. The van der Waals surface area contributed by atoms with E-state index in [1.807, 2.05) is 19.9 Å². The molecule has 1 nitrogen and oxygen atoms in total. The van der Waals surface area contributed by atoms with Crippen LogP contribution in [0.1, 0.15) is 25.2 Å². The van der Waals surface area contributed by atoms with Crippen LogP contribution in [-0.4, -0.2) is 4.57 Å². The lowest BCUT2D eigenvalue weighted by atomic mass is 10.3. The normalized spacial score (nSPS) is 9.33. The maximum absolute atomic E-state index is 2.25. The highest BCUT2D eigenvalue weighted by atomic mass is 15.0. The third-order valence-corrected chi connectivity index (χ3v) is 2.29. The Hall–Kier alpha value is -1.50. The first kappa shape index (κ1) is 11.6. The number of rotatable bonds is 1. The fourth-order valence-corrected chi connectivity index (χ4v) is 1.65. The average Bonchev–Trinajstić information content (AvgIpc) is 2.63. The van der Waals surface area contributed by atoms with Gasteiger partial charge in [-0.2, -0.15) is 0 Å². The molecule has 0 amide bonds. The third kappa shape index (κ3) is 2.50. The van der Waals surface area contributed by atoms with Crippen LogP contribution in [0.5, 0.6) is 0 Å². The van der Waals surface area contributed by atoms with E-state index >= 15 is 0 Å². The molecule has 0 saturated carbocycles. The van der Waals surface area contributed by atoms with Gasteiger partial charge in [0.25, 0.3) is 0 Å². The van der Waals surface area contributed by atoms with Gasteiger partial charge in [0.15, 0.2) is 0 Å². The molecule has 0 radical (unpaired) electrons. The zero-order valence-corrected chi connectivity index (χ0v) is 9.99. The van der Waals surface area contributed by atoms with Gasteiger partial charge >= 0.3 is 0 Å². The summed E-state index contributed by atoms with van der Waals surface area (Å²) in [7, 11) is 0. The molecule has 1 heteroatoms. The zero-order chi connectivity index (χ0) is 11.3. The number of nitrogens with zero attached hydrogens (tertiary/aromatic N) is 1. The van der Waals surface area contributed by atoms with Gasteiger partial charge in [0.1, 0.15) is 0 Å². The highest BCUT2D eigenvalue weighted by Gasteiger charge is 2.01. The molecule has 0 saturated heterocycles. The minimum absolute atomic E-state index is 1.24. The quantitative estimate of drug-likeness (QED) is 0.654. The van der Waals surface area contributed by atoms with E-state index in [-0.39, 0.29) is 0 Å². The first-order valence-corrected chi connectivity index (χ1v) is 5.49. The Morgan fingerprint density at radius 2 is 1.20 bits per heavy atom. The van der Waals surface area contributed by atoms with Crippen molar-refractivity contribution in [2.75, 3.05) is 0 Å². The minimum Gasteiger partial charge on any atom is -0.319 e. The van der Waals surface area contributed by atoms with Crippen molar-refractivity contribution in [3.63, 3.8) is 0 Å². The maximum Gasteiger partial charge on any atom is 0.0454 e. The van der Waals surface area contributed by atoms with E-state index in [1.54, 1.807) is 0 Å². The van der Waals surface area contributed by atoms with Crippen molar-refractivity contribution in [2.24, 2.45) is 0 Å². The van der Waals surface area contributed by atoms with E-state index in [0.29, 0.717) is 0 Å². The molecule has 2 aromatic rings. The van der Waals surface area contributed by atoms with Gasteiger partial charge in [-0.1, -0.05) is 32.0 Å². The van der Waals surface area contributed by atoms with E-state index in [0.717, 1.165) is 0 Å². The molecule has 1 aromatic heterocycles. The molecule has 1 heterocycles. The summed E-state index contributed by atoms with van der Waals surface area (Å²) in [5.74, 6) is 0. The van der Waals surface area contributed by atoms with Crippen molar-refractivity contribution in [2.45, 2.75) is 27.7 Å². The number of para-hydroxylation sites is 1. The highest BCUT2D eigenvalue weighted by Crippen LogP contribution is 2.15. The largest absolute Gasteiger partial charge is 0.319 e. The Balaban J connectivity index is 0.000000531. The molecule has 15 heavy (non-hydrogen) atoms. The first-order chi connectivity index (χ1) is 7.29. The number of aromatic nitrogens is 1. The Morgan fingerprint density at radius 3 is 1.67 bits per heavy atom. The van der Waals surface area contributed by atoms with Crippen LogP contribution in [0.25, 0.3) is 5.69 Å². The smallest absolute Gasteiger partial charge is 0.0454 e. The van der Waals surface area contributed by atoms with Crippen LogP contribution in [0, 0.1) is 13.8 Å². The molecule has 0 atom stereocenters. The summed E-state index contributed by atoms with van der Waals surface area (Å²) in [5.41, 5.74) is 3.80. The molecule has 0 aliphatic carbocycles. The molecular weight excluding hydrogens is 182 g/mol. The summed E-state index contributed by atoms with van der Waals surface area (Å²) in [6, 6.07) is 14.7. The SMILES string of the molecule is CC.Cc1ccc(C)n1-c1ccccc1. The molecule has 0 aliphatic heterocycles. The second-order valence-electron chi connectivity index (χ2n) is 3.29. The van der Waals surface area contributed by atoms with Gasteiger partial charge in [0, 0.05) is 17.1 Å². The maximum atomic E-state index is 2.25. The molecule has 0 aliphatic rings. The monoisotopic (exact) mass is 201 g/mol. The molecule has 0 fully saturated rings. The molecule has 0 spiro atoms. The summed E-state index contributed by atoms with van der Waals surface area (Å²) in [4.78, 5) is 0. The first-order valence-electron chi connectivity index (χ1n) is 5.49. The van der Waals surface area contributed by atoms with Crippen molar-refractivity contribution in [1.29, 1.82) is 0 Å². The number of hydrogen-bond donors (Lipinski definition) is 0. The molecular formula is C14H19N.